The van der Waals surface area contributed by atoms with Crippen molar-refractivity contribution >= 4 is 34.8 Å². The lowest BCUT2D eigenvalue weighted by atomic mass is 10.0. The minimum atomic E-state index is -0.811. The molecule has 1 aliphatic heterocycles. The molecule has 4 rings (SSSR count). The van der Waals surface area contributed by atoms with Crippen LogP contribution in [0, 0.1) is 0 Å². The van der Waals surface area contributed by atoms with E-state index in [9.17, 15) is 14.4 Å². The molecule has 0 radical (unpaired) electrons. The fourth-order valence-electron chi connectivity index (χ4n) is 4.65. The van der Waals surface area contributed by atoms with Gasteiger partial charge in [0.1, 0.15) is 6.04 Å². The lowest BCUT2D eigenvalue weighted by Gasteiger charge is -2.27. The Hall–Kier alpha value is -4.43. The average Bonchev–Trinajstić information content (AvgIpc) is 2.99. The van der Waals surface area contributed by atoms with Gasteiger partial charge in [-0.2, -0.15) is 0 Å². The second-order valence-electron chi connectivity index (χ2n) is 10.4. The van der Waals surface area contributed by atoms with E-state index in [1.165, 1.54) is 0 Å². The van der Waals surface area contributed by atoms with Crippen LogP contribution in [0.1, 0.15) is 38.3 Å². The SMILES string of the molecule is CNC(=O)Nc1ccccc1-c1ccc(CN2C(=O)C(NC(=O)CC(C)(C)N)C=C(C)c3ccccc32)cc1. The molecular formula is C31H35N5O3. The Labute approximate surface area is 229 Å². The number of nitrogens with two attached hydrogens (primary N) is 1. The van der Waals surface area contributed by atoms with Gasteiger partial charge in [-0.25, -0.2) is 4.79 Å². The fourth-order valence-corrected chi connectivity index (χ4v) is 4.65. The van der Waals surface area contributed by atoms with Crippen LogP contribution in [-0.2, 0) is 16.1 Å². The number of carbonyl (C=O) groups excluding carboxylic acids is 3. The highest BCUT2D eigenvalue weighted by Crippen LogP contribution is 2.33. The van der Waals surface area contributed by atoms with Crippen molar-refractivity contribution < 1.29 is 14.4 Å². The molecule has 202 valence electrons. The zero-order valence-electron chi connectivity index (χ0n) is 22.7. The van der Waals surface area contributed by atoms with Crippen LogP contribution in [0.2, 0.25) is 0 Å². The third-order valence-corrected chi connectivity index (χ3v) is 6.51. The number of nitrogens with zero attached hydrogens (tertiary/aromatic N) is 1. The van der Waals surface area contributed by atoms with Gasteiger partial charge >= 0.3 is 6.03 Å². The van der Waals surface area contributed by atoms with E-state index in [1.807, 2.05) is 85.8 Å². The van der Waals surface area contributed by atoms with E-state index in [-0.39, 0.29) is 24.3 Å². The molecule has 0 bridgehead atoms. The molecule has 8 nitrogen and oxygen atoms in total. The smallest absolute Gasteiger partial charge is 0.318 e. The first-order valence-electron chi connectivity index (χ1n) is 12.9. The van der Waals surface area contributed by atoms with Crippen LogP contribution in [0.25, 0.3) is 16.7 Å². The highest BCUT2D eigenvalue weighted by Gasteiger charge is 2.31. The first-order chi connectivity index (χ1) is 18.6. The van der Waals surface area contributed by atoms with Crippen molar-refractivity contribution in [2.24, 2.45) is 5.73 Å². The largest absolute Gasteiger partial charge is 0.341 e. The highest BCUT2D eigenvalue weighted by molar-refractivity contribution is 6.05. The predicted molar refractivity (Wildman–Crippen MR) is 156 cm³/mol. The van der Waals surface area contributed by atoms with E-state index in [4.69, 9.17) is 5.73 Å². The molecule has 3 aromatic carbocycles. The Morgan fingerprint density at radius 3 is 2.26 bits per heavy atom. The molecule has 8 heteroatoms. The summed E-state index contributed by atoms with van der Waals surface area (Å²) in [4.78, 5) is 40.1. The van der Waals surface area contributed by atoms with Crippen LogP contribution in [0.3, 0.4) is 0 Å². The first-order valence-corrected chi connectivity index (χ1v) is 12.9. The van der Waals surface area contributed by atoms with Gasteiger partial charge in [0, 0.05) is 30.1 Å². The second-order valence-corrected chi connectivity index (χ2v) is 10.4. The first kappa shape index (κ1) is 27.6. The number of allylic oxidation sites excluding steroid dienone is 1. The van der Waals surface area contributed by atoms with Crippen molar-refractivity contribution in [1.29, 1.82) is 0 Å². The zero-order chi connectivity index (χ0) is 28.2. The number of hydrogen-bond donors (Lipinski definition) is 4. The normalized spacial score (nSPS) is 15.1. The van der Waals surface area contributed by atoms with Crippen molar-refractivity contribution in [2.75, 3.05) is 17.3 Å². The molecule has 4 amide bonds. The van der Waals surface area contributed by atoms with E-state index in [2.05, 4.69) is 16.0 Å². The van der Waals surface area contributed by atoms with E-state index in [0.717, 1.165) is 33.5 Å². The Balaban J connectivity index is 1.62. The van der Waals surface area contributed by atoms with E-state index in [1.54, 1.807) is 25.8 Å². The number of hydrogen-bond acceptors (Lipinski definition) is 4. The molecule has 1 heterocycles. The summed E-state index contributed by atoms with van der Waals surface area (Å²) in [7, 11) is 1.57. The molecule has 0 aromatic heterocycles. The van der Waals surface area contributed by atoms with E-state index < -0.39 is 11.6 Å². The lowest BCUT2D eigenvalue weighted by molar-refractivity contribution is -0.127. The molecule has 5 N–H and O–H groups in total. The van der Waals surface area contributed by atoms with Gasteiger partial charge in [-0.1, -0.05) is 60.7 Å². The molecule has 0 saturated heterocycles. The monoisotopic (exact) mass is 525 g/mol. The van der Waals surface area contributed by atoms with Gasteiger partial charge in [0.2, 0.25) is 5.91 Å². The van der Waals surface area contributed by atoms with Crippen LogP contribution in [0.4, 0.5) is 16.2 Å². The minimum absolute atomic E-state index is 0.105. The molecular weight excluding hydrogens is 490 g/mol. The maximum absolute atomic E-state index is 13.8. The van der Waals surface area contributed by atoms with Crippen LogP contribution >= 0.6 is 0 Å². The number of amides is 4. The van der Waals surface area contributed by atoms with Crippen LogP contribution in [0.5, 0.6) is 0 Å². The summed E-state index contributed by atoms with van der Waals surface area (Å²) in [6.07, 6.45) is 1.91. The molecule has 0 spiro atoms. The van der Waals surface area contributed by atoms with E-state index in [0.29, 0.717) is 12.2 Å². The Morgan fingerprint density at radius 1 is 0.949 bits per heavy atom. The molecule has 0 saturated carbocycles. The number of para-hydroxylation sites is 2. The maximum atomic E-state index is 13.8. The lowest BCUT2D eigenvalue weighted by Crippen LogP contribution is -2.49. The zero-order valence-corrected chi connectivity index (χ0v) is 22.7. The van der Waals surface area contributed by atoms with Crippen molar-refractivity contribution in [3.8, 4) is 11.1 Å². The third kappa shape index (κ3) is 6.72. The predicted octanol–water partition coefficient (Wildman–Crippen LogP) is 4.67. The number of benzene rings is 3. The molecule has 0 fully saturated rings. The van der Waals surface area contributed by atoms with Gasteiger partial charge in [-0.3, -0.25) is 9.59 Å². The third-order valence-electron chi connectivity index (χ3n) is 6.51. The van der Waals surface area contributed by atoms with Crippen LogP contribution in [-0.4, -0.2) is 36.5 Å². The Morgan fingerprint density at radius 2 is 1.59 bits per heavy atom. The van der Waals surface area contributed by atoms with Gasteiger partial charge in [0.25, 0.3) is 5.91 Å². The molecule has 3 aromatic rings. The average molecular weight is 526 g/mol. The molecule has 1 unspecified atom stereocenters. The highest BCUT2D eigenvalue weighted by atomic mass is 16.2. The van der Waals surface area contributed by atoms with Gasteiger partial charge in [0.05, 0.1) is 17.9 Å². The summed E-state index contributed by atoms with van der Waals surface area (Å²) in [5.41, 5.74) is 11.4. The van der Waals surface area contributed by atoms with Gasteiger partial charge in [-0.05, 0) is 55.7 Å². The van der Waals surface area contributed by atoms with Crippen molar-refractivity contribution in [1.82, 2.24) is 10.6 Å². The number of nitrogens with one attached hydrogen (secondary N) is 3. The molecule has 39 heavy (non-hydrogen) atoms. The summed E-state index contributed by atoms with van der Waals surface area (Å²) in [5, 5.41) is 8.30. The van der Waals surface area contributed by atoms with Crippen LogP contribution in [0.15, 0.2) is 78.9 Å². The second kappa shape index (κ2) is 11.5. The molecule has 1 aliphatic rings. The summed E-state index contributed by atoms with van der Waals surface area (Å²) in [6.45, 7) is 5.83. The maximum Gasteiger partial charge on any atom is 0.318 e. The van der Waals surface area contributed by atoms with Crippen molar-refractivity contribution in [3.05, 3.63) is 90.0 Å². The number of anilines is 2. The van der Waals surface area contributed by atoms with Gasteiger partial charge in [0.15, 0.2) is 0 Å². The molecule has 0 aliphatic carbocycles. The van der Waals surface area contributed by atoms with Crippen molar-refractivity contribution in [2.45, 2.75) is 45.3 Å². The van der Waals surface area contributed by atoms with Gasteiger partial charge < -0.3 is 26.6 Å². The minimum Gasteiger partial charge on any atom is -0.341 e. The van der Waals surface area contributed by atoms with Crippen molar-refractivity contribution in [3.63, 3.8) is 0 Å². The Bertz CT molecular complexity index is 1410. The summed E-state index contributed by atoms with van der Waals surface area (Å²) in [6, 6.07) is 22.1. The quantitative estimate of drug-likeness (QED) is 0.359. The summed E-state index contributed by atoms with van der Waals surface area (Å²) in [5.74, 6) is -0.490. The van der Waals surface area contributed by atoms with E-state index >= 15 is 0 Å². The standard InChI is InChI=1S/C31H35N5O3/c1-20-17-26(34-28(37)18-31(2,3)32)29(38)36(27-12-8-6-9-23(20)27)19-21-13-15-22(16-14-21)24-10-5-7-11-25(24)35-30(39)33-4/h5-17,26H,18-19,32H2,1-4H3,(H,34,37)(H2,33,35,39). The topological polar surface area (TPSA) is 117 Å². The fraction of sp³-hybridized carbons (Fsp3) is 0.258. The van der Waals surface area contributed by atoms with Crippen LogP contribution < -0.4 is 26.6 Å². The number of urea groups is 1. The Kier molecular flexibility index (Phi) is 8.16. The summed E-state index contributed by atoms with van der Waals surface area (Å²) < 4.78 is 0. The number of rotatable bonds is 7. The number of fused-ring (bicyclic) bond motifs is 1. The molecule has 1 atom stereocenters. The summed E-state index contributed by atoms with van der Waals surface area (Å²) >= 11 is 0. The number of carbonyl (C=O) groups is 3. The van der Waals surface area contributed by atoms with Gasteiger partial charge in [-0.15, -0.1) is 0 Å².